The molecule has 1 aliphatic heterocycles. The van der Waals surface area contributed by atoms with Gasteiger partial charge in [0.15, 0.2) is 0 Å². The summed E-state index contributed by atoms with van der Waals surface area (Å²) in [5, 5.41) is 14.8. The molecular weight excluding hydrogens is 384 g/mol. The smallest absolute Gasteiger partial charge is 0.212 e. The number of nitrogens with zero attached hydrogens (tertiary/aromatic N) is 5. The van der Waals surface area contributed by atoms with Crippen molar-refractivity contribution in [1.82, 2.24) is 29.7 Å². The van der Waals surface area contributed by atoms with E-state index in [9.17, 15) is 0 Å². The summed E-state index contributed by atoms with van der Waals surface area (Å²) in [5.41, 5.74) is 3.69. The van der Waals surface area contributed by atoms with E-state index in [4.69, 9.17) is 14.8 Å². The average Bonchev–Trinajstić information content (AvgIpc) is 3.37. The molecule has 2 fully saturated rings. The van der Waals surface area contributed by atoms with Crippen LogP contribution in [0.5, 0.6) is 5.75 Å². The van der Waals surface area contributed by atoms with Crippen LogP contribution >= 0.6 is 11.3 Å². The lowest BCUT2D eigenvalue weighted by Crippen LogP contribution is -2.44. The molecule has 0 unspecified atom stereocenters. The summed E-state index contributed by atoms with van der Waals surface area (Å²) in [5.74, 6) is 1.37. The number of ether oxygens (including phenoxy) is 1. The van der Waals surface area contributed by atoms with E-state index < -0.39 is 0 Å². The summed E-state index contributed by atoms with van der Waals surface area (Å²) in [4.78, 5) is 5.89. The van der Waals surface area contributed by atoms with Gasteiger partial charge in [-0.1, -0.05) is 11.3 Å². The molecule has 8 heteroatoms. The van der Waals surface area contributed by atoms with Gasteiger partial charge in [-0.25, -0.2) is 9.50 Å². The first kappa shape index (κ1) is 17.4. The lowest BCUT2D eigenvalue weighted by molar-refractivity contribution is 0.0588. The lowest BCUT2D eigenvalue weighted by Gasteiger charge is -2.50. The second kappa shape index (κ2) is 6.27. The number of rotatable bonds is 3. The number of methoxy groups -OCH3 is 1. The molecule has 150 valence electrons. The molecule has 4 heterocycles. The molecule has 0 atom stereocenters. The lowest BCUT2D eigenvalue weighted by atomic mass is 9.57. The Balaban J connectivity index is 1.29. The van der Waals surface area contributed by atoms with Crippen LogP contribution in [0.3, 0.4) is 0 Å². The van der Waals surface area contributed by atoms with E-state index >= 15 is 0 Å². The van der Waals surface area contributed by atoms with Crippen molar-refractivity contribution in [3.63, 3.8) is 0 Å². The third-order valence-corrected chi connectivity index (χ3v) is 7.63. The maximum Gasteiger partial charge on any atom is 0.212 e. The number of nitrogens with one attached hydrogen (secondary N) is 1. The quantitative estimate of drug-likeness (QED) is 0.561. The highest BCUT2D eigenvalue weighted by molar-refractivity contribution is 7.19. The minimum absolute atomic E-state index is 0.571. The van der Waals surface area contributed by atoms with Gasteiger partial charge in [0.2, 0.25) is 4.96 Å². The van der Waals surface area contributed by atoms with Crippen LogP contribution in [0.4, 0.5) is 0 Å². The number of fused-ring (bicyclic) bond motifs is 2. The topological polar surface area (TPSA) is 69.3 Å². The zero-order valence-corrected chi connectivity index (χ0v) is 17.5. The molecule has 29 heavy (non-hydrogen) atoms. The standard InChI is InChI=1S/C21H24N6OS/c1-26-11-14-7-13(8-17(28-2)18(14)24-26)19-25-27-12-16(23-20(27)29-19)15-9-21(10-15)3-5-22-6-4-21/h7-8,11-12,15,22H,3-6,9-10H2,1-2H3. The first-order valence-corrected chi connectivity index (χ1v) is 11.0. The van der Waals surface area contributed by atoms with Gasteiger partial charge in [-0.2, -0.15) is 10.2 Å². The summed E-state index contributed by atoms with van der Waals surface area (Å²) >= 11 is 1.63. The van der Waals surface area contributed by atoms with Crippen molar-refractivity contribution in [1.29, 1.82) is 0 Å². The average molecular weight is 409 g/mol. The molecule has 0 amide bonds. The predicted molar refractivity (Wildman–Crippen MR) is 114 cm³/mol. The fourth-order valence-corrected chi connectivity index (χ4v) is 5.97. The van der Waals surface area contributed by atoms with Crippen molar-refractivity contribution in [3.8, 4) is 16.3 Å². The zero-order valence-electron chi connectivity index (χ0n) is 16.7. The molecular formula is C21H24N6OS. The Bertz CT molecular complexity index is 1180. The SMILES string of the molecule is COc1cc(-c2nn3cc(C4CC5(CCNCC5)C4)nc3s2)cc2cn(C)nc12. The Morgan fingerprint density at radius 2 is 2.00 bits per heavy atom. The minimum atomic E-state index is 0.571. The van der Waals surface area contributed by atoms with Crippen LogP contribution in [0.2, 0.25) is 0 Å². The Morgan fingerprint density at radius 1 is 1.17 bits per heavy atom. The van der Waals surface area contributed by atoms with Crippen LogP contribution in [0, 0.1) is 5.41 Å². The van der Waals surface area contributed by atoms with Crippen LogP contribution in [0.25, 0.3) is 26.4 Å². The minimum Gasteiger partial charge on any atom is -0.494 e. The number of imidazole rings is 1. The summed E-state index contributed by atoms with van der Waals surface area (Å²) in [6, 6.07) is 4.14. The van der Waals surface area contributed by atoms with Crippen LogP contribution in [-0.4, -0.2) is 44.6 Å². The van der Waals surface area contributed by atoms with E-state index in [0.717, 1.165) is 32.2 Å². The number of aryl methyl sites for hydroxylation is 1. The van der Waals surface area contributed by atoms with Gasteiger partial charge in [0.1, 0.15) is 16.3 Å². The Kier molecular flexibility index (Phi) is 3.77. The number of piperidine rings is 1. The maximum absolute atomic E-state index is 5.56. The van der Waals surface area contributed by atoms with Gasteiger partial charge in [-0.05, 0) is 56.3 Å². The van der Waals surface area contributed by atoms with Crippen molar-refractivity contribution < 1.29 is 4.74 Å². The molecule has 1 saturated heterocycles. The summed E-state index contributed by atoms with van der Waals surface area (Å²) < 4.78 is 9.32. The monoisotopic (exact) mass is 408 g/mol. The van der Waals surface area contributed by atoms with Crippen LogP contribution in [-0.2, 0) is 7.05 Å². The van der Waals surface area contributed by atoms with Crippen molar-refractivity contribution in [2.24, 2.45) is 12.5 Å². The number of benzene rings is 1. The van der Waals surface area contributed by atoms with Crippen molar-refractivity contribution >= 4 is 27.2 Å². The molecule has 3 aromatic heterocycles. The molecule has 1 aromatic carbocycles. The fraction of sp³-hybridized carbons (Fsp3) is 0.476. The summed E-state index contributed by atoms with van der Waals surface area (Å²) in [7, 11) is 3.61. The normalized spacial score (nSPS) is 19.2. The van der Waals surface area contributed by atoms with E-state index in [1.807, 2.05) is 28.5 Å². The second-order valence-electron chi connectivity index (χ2n) is 8.57. The second-order valence-corrected chi connectivity index (χ2v) is 9.53. The molecule has 4 aromatic rings. The molecule has 6 rings (SSSR count). The van der Waals surface area contributed by atoms with Gasteiger partial charge >= 0.3 is 0 Å². The molecule has 1 saturated carbocycles. The maximum atomic E-state index is 5.56. The number of hydrogen-bond acceptors (Lipinski definition) is 6. The van der Waals surface area contributed by atoms with Crippen LogP contribution in [0.1, 0.15) is 37.3 Å². The molecule has 0 bridgehead atoms. The van der Waals surface area contributed by atoms with E-state index in [2.05, 4.69) is 22.7 Å². The molecule has 1 N–H and O–H groups in total. The van der Waals surface area contributed by atoms with E-state index in [0.29, 0.717) is 11.3 Å². The van der Waals surface area contributed by atoms with Crippen molar-refractivity contribution in [2.75, 3.05) is 20.2 Å². The highest BCUT2D eigenvalue weighted by atomic mass is 32.1. The highest BCUT2D eigenvalue weighted by Gasteiger charge is 2.45. The van der Waals surface area contributed by atoms with Gasteiger partial charge in [-0.15, -0.1) is 0 Å². The van der Waals surface area contributed by atoms with E-state index in [1.54, 1.807) is 18.4 Å². The molecule has 1 spiro atoms. The number of aromatic nitrogens is 5. The molecule has 1 aliphatic carbocycles. The zero-order chi connectivity index (χ0) is 19.6. The van der Waals surface area contributed by atoms with Gasteiger partial charge < -0.3 is 10.1 Å². The largest absolute Gasteiger partial charge is 0.494 e. The van der Waals surface area contributed by atoms with Crippen molar-refractivity contribution in [3.05, 3.63) is 30.2 Å². The Hall–Kier alpha value is -2.45. The Morgan fingerprint density at radius 3 is 2.76 bits per heavy atom. The Labute approximate surface area is 172 Å². The predicted octanol–water partition coefficient (Wildman–Crippen LogP) is 3.60. The summed E-state index contributed by atoms with van der Waals surface area (Å²) in [6.45, 7) is 2.33. The third kappa shape index (κ3) is 2.77. The van der Waals surface area contributed by atoms with Crippen molar-refractivity contribution in [2.45, 2.75) is 31.6 Å². The van der Waals surface area contributed by atoms with Gasteiger partial charge in [0.05, 0.1) is 19.0 Å². The van der Waals surface area contributed by atoms with Gasteiger partial charge in [0.25, 0.3) is 0 Å². The number of hydrogen-bond donors (Lipinski definition) is 1. The first-order chi connectivity index (χ1) is 14.1. The first-order valence-electron chi connectivity index (χ1n) is 10.2. The van der Waals surface area contributed by atoms with Gasteiger partial charge in [0, 0.05) is 30.1 Å². The summed E-state index contributed by atoms with van der Waals surface area (Å²) in [6.07, 6.45) is 9.32. The van der Waals surface area contributed by atoms with E-state index in [-0.39, 0.29) is 0 Å². The fourth-order valence-electron chi connectivity index (χ4n) is 5.09. The van der Waals surface area contributed by atoms with E-state index in [1.165, 1.54) is 44.5 Å². The molecule has 0 radical (unpaired) electrons. The highest BCUT2D eigenvalue weighted by Crippen LogP contribution is 2.55. The van der Waals surface area contributed by atoms with Gasteiger partial charge in [-0.3, -0.25) is 4.68 Å². The van der Waals surface area contributed by atoms with Crippen LogP contribution < -0.4 is 10.1 Å². The third-order valence-electron chi connectivity index (χ3n) is 6.66. The molecule has 2 aliphatic rings. The molecule has 7 nitrogen and oxygen atoms in total. The van der Waals surface area contributed by atoms with Crippen LogP contribution in [0.15, 0.2) is 24.5 Å².